The van der Waals surface area contributed by atoms with E-state index in [4.69, 9.17) is 9.40 Å². The van der Waals surface area contributed by atoms with Gasteiger partial charge in [-0.2, -0.15) is 0 Å². The van der Waals surface area contributed by atoms with Crippen molar-refractivity contribution in [2.75, 3.05) is 0 Å². The number of fused-ring (bicyclic) bond motifs is 4. The fourth-order valence-corrected chi connectivity index (χ4v) is 6.64. The number of aromatic nitrogens is 2. The summed E-state index contributed by atoms with van der Waals surface area (Å²) in [5, 5.41) is 3.38. The van der Waals surface area contributed by atoms with Crippen molar-refractivity contribution < 1.29 is 4.42 Å². The summed E-state index contributed by atoms with van der Waals surface area (Å²) >= 11 is -1.93. The van der Waals surface area contributed by atoms with Crippen molar-refractivity contribution in [2.45, 2.75) is 37.0 Å². The zero-order valence-corrected chi connectivity index (χ0v) is 20.3. The van der Waals surface area contributed by atoms with E-state index in [1.54, 1.807) is 6.33 Å². The first-order valence-electron chi connectivity index (χ1n) is 10.5. The van der Waals surface area contributed by atoms with Gasteiger partial charge in [-0.15, -0.1) is 0 Å². The van der Waals surface area contributed by atoms with E-state index < -0.39 is 13.3 Å². The maximum absolute atomic E-state index is 6.51. The molecule has 0 unspecified atom stereocenters. The van der Waals surface area contributed by atoms with E-state index in [0.717, 1.165) is 38.7 Å². The van der Waals surface area contributed by atoms with E-state index >= 15 is 0 Å². The molecule has 0 spiro atoms. The Morgan fingerprint density at radius 1 is 0.800 bits per heavy atom. The Labute approximate surface area is 179 Å². The summed E-state index contributed by atoms with van der Waals surface area (Å²) in [4.78, 5) is 9.28. The van der Waals surface area contributed by atoms with E-state index in [2.05, 4.69) is 90.7 Å². The quantitative estimate of drug-likeness (QED) is 0.279. The van der Waals surface area contributed by atoms with Crippen LogP contribution in [0.5, 0.6) is 0 Å². The third-order valence-electron chi connectivity index (χ3n) is 5.93. The summed E-state index contributed by atoms with van der Waals surface area (Å²) in [6.07, 6.45) is 1.68. The molecule has 0 N–H and O–H groups in total. The Bertz CT molecular complexity index is 1410. The molecular weight excluding hydrogens is 429 g/mol. The second-order valence-corrected chi connectivity index (χ2v) is 20.0. The van der Waals surface area contributed by atoms with Crippen LogP contribution in [0.2, 0.25) is 17.3 Å². The summed E-state index contributed by atoms with van der Waals surface area (Å²) in [6.45, 7) is 4.41. The molecular formula is C26H26GeN2O. The Hall–Kier alpha value is -2.66. The van der Waals surface area contributed by atoms with E-state index in [1.165, 1.54) is 15.3 Å². The van der Waals surface area contributed by atoms with Gasteiger partial charge in [0.2, 0.25) is 0 Å². The Morgan fingerprint density at radius 2 is 1.53 bits per heavy atom. The van der Waals surface area contributed by atoms with Crippen LogP contribution in [0, 0.1) is 0 Å². The third-order valence-corrected chi connectivity index (χ3v) is 10.2. The molecule has 0 aliphatic rings. The molecule has 0 bridgehead atoms. The van der Waals surface area contributed by atoms with Gasteiger partial charge < -0.3 is 0 Å². The van der Waals surface area contributed by atoms with Crippen LogP contribution in [-0.4, -0.2) is 23.2 Å². The van der Waals surface area contributed by atoms with Crippen molar-refractivity contribution in [3.63, 3.8) is 0 Å². The first kappa shape index (κ1) is 19.3. The predicted molar refractivity (Wildman–Crippen MR) is 129 cm³/mol. The van der Waals surface area contributed by atoms with Crippen molar-refractivity contribution in [1.29, 1.82) is 0 Å². The first-order chi connectivity index (χ1) is 14.3. The number of furan rings is 1. The van der Waals surface area contributed by atoms with E-state index in [-0.39, 0.29) is 0 Å². The average molecular weight is 455 g/mol. The molecule has 2 heterocycles. The van der Waals surface area contributed by atoms with Crippen molar-refractivity contribution in [1.82, 2.24) is 9.97 Å². The maximum atomic E-state index is 6.51. The summed E-state index contributed by atoms with van der Waals surface area (Å²) < 4.78 is 7.96. The minimum absolute atomic E-state index is 0.402. The van der Waals surface area contributed by atoms with Crippen LogP contribution >= 0.6 is 0 Å². The van der Waals surface area contributed by atoms with E-state index in [9.17, 15) is 0 Å². The molecule has 150 valence electrons. The van der Waals surface area contributed by atoms with Gasteiger partial charge in [0.25, 0.3) is 0 Å². The zero-order chi connectivity index (χ0) is 21.0. The van der Waals surface area contributed by atoms with Gasteiger partial charge in [-0.3, -0.25) is 0 Å². The second-order valence-electron chi connectivity index (χ2n) is 9.37. The van der Waals surface area contributed by atoms with Gasteiger partial charge in [-0.25, -0.2) is 0 Å². The van der Waals surface area contributed by atoms with Crippen LogP contribution in [-0.2, 0) is 0 Å². The molecule has 0 saturated carbocycles. The normalized spacial score (nSPS) is 12.5. The van der Waals surface area contributed by atoms with Gasteiger partial charge in [0.05, 0.1) is 0 Å². The van der Waals surface area contributed by atoms with Crippen molar-refractivity contribution >= 4 is 50.5 Å². The Balaban J connectivity index is 1.80. The van der Waals surface area contributed by atoms with Gasteiger partial charge in [0.15, 0.2) is 0 Å². The summed E-state index contributed by atoms with van der Waals surface area (Å²) in [6, 6.07) is 19.5. The van der Waals surface area contributed by atoms with Crippen LogP contribution in [0.25, 0.3) is 44.1 Å². The second kappa shape index (κ2) is 6.95. The first-order valence-corrected chi connectivity index (χ1v) is 17.9. The van der Waals surface area contributed by atoms with Crippen LogP contribution in [0.15, 0.2) is 65.3 Å². The summed E-state index contributed by atoms with van der Waals surface area (Å²) in [7, 11) is 0. The SMILES string of the molecule is CC(C)c1cccc2c1oc1c(-c3ncnc4c[c]([Ge]([CH3])([CH3])[CH3])ccc34)cccc12. The Kier molecular flexibility index (Phi) is 4.47. The monoisotopic (exact) mass is 456 g/mol. The van der Waals surface area contributed by atoms with Crippen LogP contribution in [0.1, 0.15) is 25.3 Å². The van der Waals surface area contributed by atoms with Crippen molar-refractivity contribution in [3.05, 3.63) is 66.5 Å². The molecule has 0 aliphatic heterocycles. The summed E-state index contributed by atoms with van der Waals surface area (Å²) in [5.41, 5.74) is 6.09. The molecule has 5 rings (SSSR count). The minimum atomic E-state index is -1.93. The molecule has 0 fully saturated rings. The standard InChI is InChI=1S/C26H26GeN2O/c1-16(2)18-8-6-9-19-20-10-7-11-22(26(20)30-25(18)19)24-21-13-12-17(27(3,4)5)14-23(21)28-15-29-24/h6-16H,1-5H3. The number of nitrogens with zero attached hydrogens (tertiary/aromatic N) is 2. The van der Waals surface area contributed by atoms with Crippen LogP contribution in [0.3, 0.4) is 0 Å². The number of hydrogen-bond acceptors (Lipinski definition) is 3. The molecule has 0 amide bonds. The molecule has 0 aliphatic carbocycles. The zero-order valence-electron chi connectivity index (χ0n) is 18.2. The van der Waals surface area contributed by atoms with Gasteiger partial charge in [-0.05, 0) is 0 Å². The van der Waals surface area contributed by atoms with Crippen LogP contribution in [0.4, 0.5) is 0 Å². The molecule has 5 aromatic rings. The molecule has 3 aromatic carbocycles. The number of para-hydroxylation sites is 2. The van der Waals surface area contributed by atoms with Gasteiger partial charge in [-0.1, -0.05) is 0 Å². The fraction of sp³-hybridized carbons (Fsp3) is 0.231. The van der Waals surface area contributed by atoms with Gasteiger partial charge in [0.1, 0.15) is 0 Å². The topological polar surface area (TPSA) is 38.9 Å². The fourth-order valence-electron chi connectivity index (χ4n) is 4.22. The van der Waals surface area contributed by atoms with Crippen LogP contribution < -0.4 is 4.40 Å². The molecule has 3 nitrogen and oxygen atoms in total. The van der Waals surface area contributed by atoms with Crippen molar-refractivity contribution in [3.8, 4) is 11.3 Å². The average Bonchev–Trinajstić information content (AvgIpc) is 3.11. The molecule has 0 saturated heterocycles. The van der Waals surface area contributed by atoms with Gasteiger partial charge >= 0.3 is 180 Å². The molecule has 4 heteroatoms. The number of benzene rings is 3. The number of hydrogen-bond donors (Lipinski definition) is 0. The van der Waals surface area contributed by atoms with Crippen molar-refractivity contribution in [2.24, 2.45) is 0 Å². The summed E-state index contributed by atoms with van der Waals surface area (Å²) in [5.74, 6) is 7.62. The predicted octanol–water partition coefficient (Wildman–Crippen LogP) is 6.86. The van der Waals surface area contributed by atoms with E-state index in [0.29, 0.717) is 5.92 Å². The molecule has 0 atom stereocenters. The molecule has 30 heavy (non-hydrogen) atoms. The van der Waals surface area contributed by atoms with Gasteiger partial charge in [0, 0.05) is 0 Å². The molecule has 0 radical (unpaired) electrons. The Morgan fingerprint density at radius 3 is 2.27 bits per heavy atom. The third kappa shape index (κ3) is 3.03. The number of rotatable bonds is 3. The van der Waals surface area contributed by atoms with E-state index in [1.807, 2.05) is 0 Å². The molecule has 2 aromatic heterocycles.